The maximum Gasteiger partial charge on any atom is 0.355 e. The first-order valence-electron chi connectivity index (χ1n) is 12.8. The number of rotatable bonds is 5. The van der Waals surface area contributed by atoms with Gasteiger partial charge in [0, 0.05) is 25.9 Å². The third-order valence-electron chi connectivity index (χ3n) is 8.15. The molecule has 2 aromatic rings. The summed E-state index contributed by atoms with van der Waals surface area (Å²) >= 11 is 0. The summed E-state index contributed by atoms with van der Waals surface area (Å²) in [6, 6.07) is -0.641. The van der Waals surface area contributed by atoms with Crippen molar-refractivity contribution in [1.29, 1.82) is 5.26 Å². The molecule has 1 aromatic carbocycles. The van der Waals surface area contributed by atoms with Gasteiger partial charge in [-0.3, -0.25) is 4.90 Å². The number of ether oxygens (including phenoxy) is 2. The zero-order chi connectivity index (χ0) is 25.7. The van der Waals surface area contributed by atoms with Crippen LogP contribution < -0.4 is 14.8 Å². The van der Waals surface area contributed by atoms with E-state index in [0.29, 0.717) is 13.2 Å². The molecule has 1 unspecified atom stereocenters. The largest absolute Gasteiger partial charge is 0.475 e. The molecule has 0 bridgehead atoms. The van der Waals surface area contributed by atoms with E-state index in [2.05, 4.69) is 31.3 Å². The number of urea groups is 1. The Balaban J connectivity index is 1.29. The fraction of sp³-hybridized carbons (Fsp3) is 0.560. The Hall–Kier alpha value is -3.14. The molecule has 1 aromatic heterocycles. The van der Waals surface area contributed by atoms with Crippen LogP contribution in [0.5, 0.6) is 5.88 Å². The topological polar surface area (TPSA) is 134 Å². The summed E-state index contributed by atoms with van der Waals surface area (Å²) in [5.41, 5.74) is 7.14. The maximum absolute atomic E-state index is 13.9. The maximum atomic E-state index is 13.9. The molecule has 3 heterocycles. The van der Waals surface area contributed by atoms with Gasteiger partial charge >= 0.3 is 6.03 Å². The lowest BCUT2D eigenvalue weighted by atomic mass is 9.93. The lowest BCUT2D eigenvalue weighted by molar-refractivity contribution is -0.0687. The molecule has 2 N–H and O–H groups in total. The second-order valence-electron chi connectivity index (χ2n) is 10.2. The van der Waals surface area contributed by atoms with Crippen molar-refractivity contribution in [3.63, 3.8) is 0 Å². The van der Waals surface area contributed by atoms with Gasteiger partial charge in [0.05, 0.1) is 24.9 Å². The minimum absolute atomic E-state index is 0.0976. The molecule has 0 saturated carbocycles. The predicted molar refractivity (Wildman–Crippen MR) is 136 cm³/mol. The molecule has 0 radical (unpaired) electrons. The molecule has 11 nitrogen and oxygen atoms in total. The lowest BCUT2D eigenvalue weighted by Gasteiger charge is -2.44. The molecule has 6 rings (SSSR count). The highest BCUT2D eigenvalue weighted by molar-refractivity contribution is 7.92. The van der Waals surface area contributed by atoms with Crippen LogP contribution in [0.1, 0.15) is 40.7 Å². The van der Waals surface area contributed by atoms with Crippen LogP contribution in [0.3, 0.4) is 0 Å². The Kier molecular flexibility index (Phi) is 6.09. The Morgan fingerprint density at radius 2 is 1.86 bits per heavy atom. The van der Waals surface area contributed by atoms with E-state index in [-0.39, 0.29) is 22.9 Å². The SMILES string of the molecule is COC1CN([C@@H]2COc3c(S(=O)(=NC(=O)Nc4c5c(c(C)c6c4CCC6)CCC5)NC#N)cnn3C2)C1. The number of benzene rings is 1. The van der Waals surface area contributed by atoms with Gasteiger partial charge in [-0.1, -0.05) is 0 Å². The summed E-state index contributed by atoms with van der Waals surface area (Å²) in [6.45, 7) is 4.75. The minimum Gasteiger partial charge on any atom is -0.475 e. The molecule has 1 saturated heterocycles. The molecular weight excluding hydrogens is 494 g/mol. The van der Waals surface area contributed by atoms with Gasteiger partial charge in [-0.2, -0.15) is 10.4 Å². The van der Waals surface area contributed by atoms with Gasteiger partial charge in [0.25, 0.3) is 0 Å². The van der Waals surface area contributed by atoms with Crippen LogP contribution in [0.25, 0.3) is 0 Å². The number of hydrogen-bond donors (Lipinski definition) is 2. The molecule has 0 spiro atoms. The van der Waals surface area contributed by atoms with Crippen LogP contribution in [-0.2, 0) is 46.9 Å². The number of hydrogen-bond acceptors (Lipinski definition) is 7. The Morgan fingerprint density at radius 1 is 1.19 bits per heavy atom. The number of nitrogens with zero attached hydrogens (tertiary/aromatic N) is 5. The van der Waals surface area contributed by atoms with E-state index in [0.717, 1.165) is 57.3 Å². The second-order valence-corrected chi connectivity index (χ2v) is 12.0. The Labute approximate surface area is 216 Å². The van der Waals surface area contributed by atoms with Crippen LogP contribution in [0, 0.1) is 18.4 Å². The van der Waals surface area contributed by atoms with Gasteiger partial charge in [0.1, 0.15) is 6.61 Å². The van der Waals surface area contributed by atoms with Crippen LogP contribution in [0.4, 0.5) is 10.5 Å². The minimum atomic E-state index is -3.65. The van der Waals surface area contributed by atoms with E-state index in [1.807, 2.05) is 0 Å². The van der Waals surface area contributed by atoms with Crippen molar-refractivity contribution in [3.8, 4) is 12.1 Å². The van der Waals surface area contributed by atoms with Crippen molar-refractivity contribution in [1.82, 2.24) is 19.4 Å². The Bertz CT molecular complexity index is 1390. The third kappa shape index (κ3) is 4.05. The first-order chi connectivity index (χ1) is 17.9. The molecule has 2 aliphatic heterocycles. The fourth-order valence-electron chi connectivity index (χ4n) is 6.21. The molecular formula is C25H31N7O4S. The summed E-state index contributed by atoms with van der Waals surface area (Å²) in [6.07, 6.45) is 9.22. The van der Waals surface area contributed by atoms with E-state index in [1.54, 1.807) is 18.0 Å². The van der Waals surface area contributed by atoms with Gasteiger partial charge in [-0.05, 0) is 73.3 Å². The van der Waals surface area contributed by atoms with Crippen molar-refractivity contribution in [2.45, 2.75) is 69.0 Å². The zero-order valence-electron chi connectivity index (χ0n) is 21.1. The number of methoxy groups -OCH3 is 1. The van der Waals surface area contributed by atoms with Crippen molar-refractivity contribution in [3.05, 3.63) is 34.0 Å². The average Bonchev–Trinajstić information content (AvgIpc) is 3.60. The number of fused-ring (bicyclic) bond motifs is 3. The van der Waals surface area contributed by atoms with Crippen molar-refractivity contribution < 1.29 is 18.5 Å². The number of nitrogens with one attached hydrogen (secondary N) is 2. The van der Waals surface area contributed by atoms with Crippen molar-refractivity contribution in [2.75, 3.05) is 32.1 Å². The van der Waals surface area contributed by atoms with E-state index < -0.39 is 15.9 Å². The second kappa shape index (κ2) is 9.31. The van der Waals surface area contributed by atoms with Crippen molar-refractivity contribution in [2.24, 2.45) is 4.36 Å². The number of carbonyl (C=O) groups is 1. The number of likely N-dealkylation sites (tertiary alicyclic amines) is 1. The summed E-state index contributed by atoms with van der Waals surface area (Å²) in [5, 5.41) is 16.7. The molecule has 4 aliphatic rings. The summed E-state index contributed by atoms with van der Waals surface area (Å²) in [4.78, 5) is 15.6. The smallest absolute Gasteiger partial charge is 0.355 e. The van der Waals surface area contributed by atoms with Crippen LogP contribution in [0.15, 0.2) is 15.5 Å². The van der Waals surface area contributed by atoms with Gasteiger partial charge in [0.2, 0.25) is 5.88 Å². The molecule has 1 fully saturated rings. The molecule has 2 aliphatic carbocycles. The molecule has 37 heavy (non-hydrogen) atoms. The molecule has 196 valence electrons. The van der Waals surface area contributed by atoms with Crippen LogP contribution >= 0.6 is 0 Å². The number of aromatic nitrogens is 2. The summed E-state index contributed by atoms with van der Waals surface area (Å²) in [5.74, 6) is 0.265. The predicted octanol–water partition coefficient (Wildman–Crippen LogP) is 2.31. The number of amides is 2. The quantitative estimate of drug-likeness (QED) is 0.452. The summed E-state index contributed by atoms with van der Waals surface area (Å²) in [7, 11) is -1.95. The van der Waals surface area contributed by atoms with E-state index >= 15 is 0 Å². The molecule has 2 amide bonds. The average molecular weight is 526 g/mol. The number of carbonyl (C=O) groups excluding carboxylic acids is 1. The van der Waals surface area contributed by atoms with E-state index in [4.69, 9.17) is 9.47 Å². The lowest BCUT2D eigenvalue weighted by Crippen LogP contribution is -2.59. The highest BCUT2D eigenvalue weighted by Crippen LogP contribution is 2.41. The van der Waals surface area contributed by atoms with Gasteiger partial charge < -0.3 is 14.8 Å². The third-order valence-corrected chi connectivity index (χ3v) is 9.82. The first-order valence-corrected chi connectivity index (χ1v) is 14.3. The Morgan fingerprint density at radius 3 is 2.51 bits per heavy atom. The number of anilines is 1. The van der Waals surface area contributed by atoms with Gasteiger partial charge in [0.15, 0.2) is 21.0 Å². The highest BCUT2D eigenvalue weighted by Gasteiger charge is 2.37. The first kappa shape index (κ1) is 24.2. The molecule has 2 atom stereocenters. The summed E-state index contributed by atoms with van der Waals surface area (Å²) < 4.78 is 33.1. The van der Waals surface area contributed by atoms with Crippen LogP contribution in [-0.4, -0.2) is 63.9 Å². The zero-order valence-corrected chi connectivity index (χ0v) is 21.9. The van der Waals surface area contributed by atoms with Crippen LogP contribution in [0.2, 0.25) is 0 Å². The monoisotopic (exact) mass is 525 g/mol. The number of nitriles is 1. The van der Waals surface area contributed by atoms with Crippen molar-refractivity contribution >= 4 is 21.6 Å². The van der Waals surface area contributed by atoms with Gasteiger partial charge in [-0.25, -0.2) is 18.4 Å². The van der Waals surface area contributed by atoms with E-state index in [1.165, 1.54) is 34.0 Å². The standard InChI is InChI=1S/C25H31N7O4S/c1-15-18-5-3-7-20(18)23(21-8-4-6-19(15)21)29-25(33)30-37(34,28-14-26)22-9-27-32-10-16(13-36-24(22)32)31-11-17(12-31)35-2/h9,16-17H,3-8,10-13H2,1-2H3,(H2,28,29,30,33,34)/t16-,37?/m0/s1. The van der Waals surface area contributed by atoms with E-state index in [9.17, 15) is 14.3 Å². The normalized spacial score (nSPS) is 22.0. The fourth-order valence-corrected chi connectivity index (χ4v) is 7.45. The van der Waals surface area contributed by atoms with Gasteiger partial charge in [-0.15, -0.1) is 4.36 Å². The molecule has 12 heteroatoms. The highest BCUT2D eigenvalue weighted by atomic mass is 32.2.